The lowest BCUT2D eigenvalue weighted by Crippen LogP contribution is -2.20. The number of anilines is 2. The van der Waals surface area contributed by atoms with E-state index in [-0.39, 0.29) is 15.8 Å². The van der Waals surface area contributed by atoms with Crippen LogP contribution in [0.15, 0.2) is 54.6 Å². The maximum Gasteiger partial charge on any atom is 0.340 e. The Balaban J connectivity index is 1.83. The number of esters is 1. The number of methoxy groups -OCH3 is 1. The number of ether oxygens (including phenoxy) is 1. The number of carbonyl (C=O) groups excluding carboxylic acids is 1. The number of halogens is 1. The van der Waals surface area contributed by atoms with Crippen molar-refractivity contribution in [1.29, 1.82) is 0 Å². The second-order valence-corrected chi connectivity index (χ2v) is 7.58. The topological polar surface area (TPSA) is 93.5 Å². The highest BCUT2D eigenvalue weighted by atomic mass is 35.5. The van der Waals surface area contributed by atoms with E-state index in [0.717, 1.165) is 10.4 Å². The Morgan fingerprint density at radius 1 is 1.17 bits per heavy atom. The third-order valence-electron chi connectivity index (χ3n) is 3.83. The molecule has 0 aliphatic heterocycles. The summed E-state index contributed by atoms with van der Waals surface area (Å²) in [5, 5.41) is 17.5. The molecule has 0 saturated heterocycles. The van der Waals surface area contributed by atoms with Crippen LogP contribution in [0.1, 0.15) is 10.4 Å². The Morgan fingerprint density at radius 2 is 1.90 bits per heavy atom. The second-order valence-electron chi connectivity index (χ2n) is 5.71. The number of carbonyl (C=O) groups is 1. The number of benzene rings is 2. The maximum absolute atomic E-state index is 12.2. The molecule has 0 unspecified atom stereocenters. The van der Waals surface area contributed by atoms with Gasteiger partial charge in [-0.3, -0.25) is 10.1 Å². The van der Waals surface area contributed by atoms with E-state index in [4.69, 9.17) is 28.6 Å². The van der Waals surface area contributed by atoms with Crippen LogP contribution in [-0.2, 0) is 4.74 Å². The molecule has 1 aromatic heterocycles. The molecule has 0 atom stereocenters. The van der Waals surface area contributed by atoms with Gasteiger partial charge in [0.1, 0.15) is 5.00 Å². The fourth-order valence-corrected chi connectivity index (χ4v) is 4.02. The monoisotopic (exact) mass is 447 g/mol. The summed E-state index contributed by atoms with van der Waals surface area (Å²) in [6, 6.07) is 15.3. The molecule has 0 spiro atoms. The lowest BCUT2D eigenvalue weighted by Gasteiger charge is -2.11. The summed E-state index contributed by atoms with van der Waals surface area (Å²) in [5.74, 6) is -0.498. The molecule has 1 heterocycles. The average Bonchev–Trinajstić information content (AvgIpc) is 3.13. The lowest BCUT2D eigenvalue weighted by molar-refractivity contribution is -0.384. The van der Waals surface area contributed by atoms with Crippen molar-refractivity contribution < 1.29 is 14.5 Å². The molecule has 3 aromatic rings. The van der Waals surface area contributed by atoms with Gasteiger partial charge in [0, 0.05) is 17.0 Å². The zero-order valence-corrected chi connectivity index (χ0v) is 17.4. The van der Waals surface area contributed by atoms with E-state index >= 15 is 0 Å². The van der Waals surface area contributed by atoms with Crippen molar-refractivity contribution in [2.24, 2.45) is 0 Å². The molecule has 29 heavy (non-hydrogen) atoms. The SMILES string of the molecule is COC(=O)c1cc(-c2ccccc2)sc1NC(=S)Nc1ccc([N+](=O)[O-])cc1Cl. The molecule has 2 aromatic carbocycles. The second kappa shape index (κ2) is 8.99. The van der Waals surface area contributed by atoms with Crippen LogP contribution in [0.4, 0.5) is 16.4 Å². The summed E-state index contributed by atoms with van der Waals surface area (Å²) in [7, 11) is 1.30. The number of nitrogens with zero attached hydrogens (tertiary/aromatic N) is 1. The van der Waals surface area contributed by atoms with Crippen LogP contribution in [0.3, 0.4) is 0 Å². The van der Waals surface area contributed by atoms with Gasteiger partial charge in [0.05, 0.1) is 28.3 Å². The summed E-state index contributed by atoms with van der Waals surface area (Å²) in [6.45, 7) is 0. The van der Waals surface area contributed by atoms with Gasteiger partial charge in [-0.1, -0.05) is 41.9 Å². The van der Waals surface area contributed by atoms with Crippen molar-refractivity contribution in [2.45, 2.75) is 0 Å². The lowest BCUT2D eigenvalue weighted by atomic mass is 10.1. The van der Waals surface area contributed by atoms with Gasteiger partial charge in [-0.25, -0.2) is 4.79 Å². The molecule has 0 saturated carbocycles. The van der Waals surface area contributed by atoms with Crippen molar-refractivity contribution in [1.82, 2.24) is 0 Å². The Labute approximate surface area is 180 Å². The standard InChI is InChI=1S/C19H14ClN3O4S2/c1-27-18(24)13-10-16(11-5-3-2-4-6-11)29-17(13)22-19(28)21-15-8-7-12(23(25)26)9-14(15)20/h2-10H,1H3,(H2,21,22,28). The van der Waals surface area contributed by atoms with Gasteiger partial charge in [-0.15, -0.1) is 11.3 Å². The number of thiocarbonyl (C=S) groups is 1. The first-order chi connectivity index (χ1) is 13.9. The summed E-state index contributed by atoms with van der Waals surface area (Å²) in [6.07, 6.45) is 0. The van der Waals surface area contributed by atoms with Crippen LogP contribution in [-0.4, -0.2) is 23.1 Å². The summed E-state index contributed by atoms with van der Waals surface area (Å²) >= 11 is 12.7. The van der Waals surface area contributed by atoms with Crippen molar-refractivity contribution in [3.05, 3.63) is 75.3 Å². The van der Waals surface area contributed by atoms with E-state index in [1.165, 1.54) is 36.6 Å². The number of rotatable bonds is 5. The predicted molar refractivity (Wildman–Crippen MR) is 119 cm³/mol. The minimum absolute atomic E-state index is 0.127. The van der Waals surface area contributed by atoms with Crippen molar-refractivity contribution in [3.8, 4) is 10.4 Å². The third-order valence-corrected chi connectivity index (χ3v) is 5.45. The molecule has 2 N–H and O–H groups in total. The molecule has 0 radical (unpaired) electrons. The number of nitro groups is 1. The smallest absolute Gasteiger partial charge is 0.340 e. The number of thiophene rings is 1. The number of nitro benzene ring substituents is 1. The normalized spacial score (nSPS) is 10.3. The highest BCUT2D eigenvalue weighted by molar-refractivity contribution is 7.80. The van der Waals surface area contributed by atoms with Gasteiger partial charge in [-0.2, -0.15) is 0 Å². The maximum atomic E-state index is 12.2. The number of hydrogen-bond donors (Lipinski definition) is 2. The Kier molecular flexibility index (Phi) is 6.42. The van der Waals surface area contributed by atoms with E-state index in [9.17, 15) is 14.9 Å². The largest absolute Gasteiger partial charge is 0.465 e. The number of non-ortho nitro benzene ring substituents is 1. The molecule has 0 aliphatic carbocycles. The van der Waals surface area contributed by atoms with E-state index in [1.807, 2.05) is 30.3 Å². The van der Waals surface area contributed by atoms with Gasteiger partial charge < -0.3 is 15.4 Å². The quantitative estimate of drug-likeness (QED) is 0.228. The van der Waals surface area contributed by atoms with Crippen LogP contribution in [0, 0.1) is 10.1 Å². The number of nitrogens with one attached hydrogen (secondary N) is 2. The van der Waals surface area contributed by atoms with Crippen molar-refractivity contribution in [2.75, 3.05) is 17.7 Å². The Morgan fingerprint density at radius 3 is 2.52 bits per heavy atom. The minimum atomic E-state index is -0.536. The van der Waals surface area contributed by atoms with Crippen molar-refractivity contribution >= 4 is 62.6 Å². The molecule has 10 heteroatoms. The molecule has 3 rings (SSSR count). The highest BCUT2D eigenvalue weighted by Gasteiger charge is 2.19. The summed E-state index contributed by atoms with van der Waals surface area (Å²) < 4.78 is 4.86. The molecule has 0 fully saturated rings. The first kappa shape index (κ1) is 20.7. The first-order valence-electron chi connectivity index (χ1n) is 8.18. The fraction of sp³-hybridized carbons (Fsp3) is 0.0526. The molecule has 7 nitrogen and oxygen atoms in total. The van der Waals surface area contributed by atoms with Crippen molar-refractivity contribution in [3.63, 3.8) is 0 Å². The molecular weight excluding hydrogens is 434 g/mol. The molecule has 0 amide bonds. The first-order valence-corrected chi connectivity index (χ1v) is 9.79. The summed E-state index contributed by atoms with van der Waals surface area (Å²) in [4.78, 5) is 23.3. The highest BCUT2D eigenvalue weighted by Crippen LogP contribution is 2.36. The molecule has 148 valence electrons. The fourth-order valence-electron chi connectivity index (χ4n) is 2.47. The average molecular weight is 448 g/mol. The van der Waals surface area contributed by atoms with Gasteiger partial charge in [0.25, 0.3) is 5.69 Å². The van der Waals surface area contributed by atoms with Crippen LogP contribution in [0.2, 0.25) is 5.02 Å². The van der Waals surface area contributed by atoms with Gasteiger partial charge in [0.15, 0.2) is 5.11 Å². The van der Waals surface area contributed by atoms with Crippen LogP contribution in [0.25, 0.3) is 10.4 Å². The third kappa shape index (κ3) is 4.89. The van der Waals surface area contributed by atoms with E-state index in [1.54, 1.807) is 6.07 Å². The van der Waals surface area contributed by atoms with Crippen LogP contribution in [0.5, 0.6) is 0 Å². The molecular formula is C19H14ClN3O4S2. The molecule has 0 bridgehead atoms. The Bertz CT molecular complexity index is 1090. The van der Waals surface area contributed by atoms with Gasteiger partial charge in [-0.05, 0) is 29.9 Å². The van der Waals surface area contributed by atoms with Crippen LogP contribution >= 0.6 is 35.2 Å². The Hall–Kier alpha value is -3.01. The molecule has 0 aliphatic rings. The van der Waals surface area contributed by atoms with E-state index in [2.05, 4.69) is 10.6 Å². The van der Waals surface area contributed by atoms with Gasteiger partial charge in [0.2, 0.25) is 0 Å². The van der Waals surface area contributed by atoms with Gasteiger partial charge >= 0.3 is 5.97 Å². The van der Waals surface area contributed by atoms with Crippen LogP contribution < -0.4 is 10.6 Å². The van der Waals surface area contributed by atoms with E-state index in [0.29, 0.717) is 16.3 Å². The number of hydrogen-bond acceptors (Lipinski definition) is 6. The predicted octanol–water partition coefficient (Wildman–Crippen LogP) is 5.57. The zero-order valence-electron chi connectivity index (χ0n) is 15.0. The van der Waals surface area contributed by atoms with E-state index < -0.39 is 10.9 Å². The zero-order chi connectivity index (χ0) is 21.0. The summed E-state index contributed by atoms with van der Waals surface area (Å²) in [5.41, 5.74) is 1.57. The minimum Gasteiger partial charge on any atom is -0.465 e.